The van der Waals surface area contributed by atoms with E-state index in [4.69, 9.17) is 5.73 Å². The maximum atomic E-state index is 11.8. The molecule has 3 nitrogen and oxygen atoms in total. The summed E-state index contributed by atoms with van der Waals surface area (Å²) in [5.41, 5.74) is 6.27. The third-order valence-electron chi connectivity index (χ3n) is 4.43. The van der Waals surface area contributed by atoms with Crippen molar-refractivity contribution in [3.8, 4) is 0 Å². The van der Waals surface area contributed by atoms with E-state index >= 15 is 0 Å². The smallest absolute Gasteiger partial charge is 0.221 e. The first-order chi connectivity index (χ1) is 7.23. The van der Waals surface area contributed by atoms with Crippen LogP contribution in [0, 0.1) is 10.8 Å². The minimum absolute atomic E-state index is 0.00924. The van der Waals surface area contributed by atoms with E-state index < -0.39 is 0 Å². The van der Waals surface area contributed by atoms with Crippen LogP contribution in [0.4, 0.5) is 0 Å². The zero-order valence-corrected chi connectivity index (χ0v) is 11.3. The highest BCUT2D eigenvalue weighted by molar-refractivity contribution is 5.77. The Morgan fingerprint density at radius 3 is 2.19 bits per heavy atom. The van der Waals surface area contributed by atoms with Gasteiger partial charge in [0.2, 0.25) is 5.91 Å². The average Bonchev–Trinajstić information content (AvgIpc) is 2.48. The highest BCUT2D eigenvalue weighted by Gasteiger charge is 2.65. The van der Waals surface area contributed by atoms with Gasteiger partial charge in [-0.15, -0.1) is 0 Å². The van der Waals surface area contributed by atoms with Crippen molar-refractivity contribution >= 4 is 5.91 Å². The molecule has 3 heteroatoms. The third kappa shape index (κ3) is 2.40. The Labute approximate surface area is 99.2 Å². The van der Waals surface area contributed by atoms with Crippen molar-refractivity contribution in [1.29, 1.82) is 0 Å². The number of nitrogens with one attached hydrogen (secondary N) is 1. The van der Waals surface area contributed by atoms with Crippen molar-refractivity contribution in [1.82, 2.24) is 5.32 Å². The van der Waals surface area contributed by atoms with Gasteiger partial charge in [-0.1, -0.05) is 41.0 Å². The van der Waals surface area contributed by atoms with Crippen LogP contribution in [0.2, 0.25) is 0 Å². The summed E-state index contributed by atoms with van der Waals surface area (Å²) in [6.07, 6.45) is 2.41. The molecule has 0 aliphatic heterocycles. The Balaban J connectivity index is 2.37. The van der Waals surface area contributed by atoms with Gasteiger partial charge in [-0.3, -0.25) is 4.79 Å². The standard InChI is InChI=1S/C13H26N2O/c1-6-7-9(14)8-10(16)15-11-12(2,3)13(11,4)5/h9,11H,6-8,14H2,1-5H3,(H,15,16). The van der Waals surface area contributed by atoms with Crippen LogP contribution >= 0.6 is 0 Å². The summed E-state index contributed by atoms with van der Waals surface area (Å²) in [7, 11) is 0. The van der Waals surface area contributed by atoms with Crippen LogP contribution in [0.15, 0.2) is 0 Å². The van der Waals surface area contributed by atoms with Gasteiger partial charge in [0.25, 0.3) is 0 Å². The molecule has 94 valence electrons. The largest absolute Gasteiger partial charge is 0.352 e. The van der Waals surface area contributed by atoms with Gasteiger partial charge < -0.3 is 11.1 Å². The molecule has 0 aromatic carbocycles. The summed E-state index contributed by atoms with van der Waals surface area (Å²) in [6.45, 7) is 10.9. The molecule has 1 aliphatic rings. The lowest BCUT2D eigenvalue weighted by atomic mass is 10.0. The molecule has 0 aromatic heterocycles. The second-order valence-electron chi connectivity index (χ2n) is 6.20. The van der Waals surface area contributed by atoms with Gasteiger partial charge in [0.15, 0.2) is 0 Å². The maximum absolute atomic E-state index is 11.8. The summed E-state index contributed by atoms with van der Waals surface area (Å²) in [5, 5.41) is 3.10. The monoisotopic (exact) mass is 226 g/mol. The van der Waals surface area contributed by atoms with Crippen LogP contribution < -0.4 is 11.1 Å². The Morgan fingerprint density at radius 2 is 1.81 bits per heavy atom. The lowest BCUT2D eigenvalue weighted by Crippen LogP contribution is -2.35. The Bertz CT molecular complexity index is 257. The molecule has 0 radical (unpaired) electrons. The first kappa shape index (κ1) is 13.5. The van der Waals surface area contributed by atoms with E-state index in [1.54, 1.807) is 0 Å². The number of carbonyl (C=O) groups is 1. The first-order valence-electron chi connectivity index (χ1n) is 6.28. The average molecular weight is 226 g/mol. The molecule has 1 amide bonds. The van der Waals surface area contributed by atoms with Gasteiger partial charge in [-0.2, -0.15) is 0 Å². The van der Waals surface area contributed by atoms with Crippen molar-refractivity contribution in [2.24, 2.45) is 16.6 Å². The van der Waals surface area contributed by atoms with Crippen molar-refractivity contribution < 1.29 is 4.79 Å². The summed E-state index contributed by atoms with van der Waals surface area (Å²) < 4.78 is 0. The minimum atomic E-state index is 0.00924. The second kappa shape index (κ2) is 4.36. The third-order valence-corrected chi connectivity index (χ3v) is 4.43. The van der Waals surface area contributed by atoms with Crippen LogP contribution in [0.3, 0.4) is 0 Å². The van der Waals surface area contributed by atoms with E-state index in [1.807, 2.05) is 0 Å². The Kier molecular flexibility index (Phi) is 3.68. The lowest BCUT2D eigenvalue weighted by molar-refractivity contribution is -0.121. The van der Waals surface area contributed by atoms with Crippen LogP contribution in [0.5, 0.6) is 0 Å². The number of nitrogens with two attached hydrogens (primary N) is 1. The van der Waals surface area contributed by atoms with Crippen molar-refractivity contribution in [2.45, 2.75) is 66.0 Å². The molecule has 0 heterocycles. The zero-order chi connectivity index (χ0) is 12.6. The van der Waals surface area contributed by atoms with Gasteiger partial charge in [0, 0.05) is 18.5 Å². The number of hydrogen-bond donors (Lipinski definition) is 2. The van der Waals surface area contributed by atoms with E-state index in [0.717, 1.165) is 12.8 Å². The molecule has 0 spiro atoms. The molecule has 1 unspecified atom stereocenters. The van der Waals surface area contributed by atoms with Gasteiger partial charge in [0.1, 0.15) is 0 Å². The van der Waals surface area contributed by atoms with Crippen LogP contribution in [0.1, 0.15) is 53.9 Å². The molecule has 1 fully saturated rings. The summed E-state index contributed by atoms with van der Waals surface area (Å²) in [6, 6.07) is 0.302. The van der Waals surface area contributed by atoms with Crippen LogP contribution in [-0.2, 0) is 4.79 Å². The number of rotatable bonds is 5. The molecule has 1 saturated carbocycles. The second-order valence-corrected chi connectivity index (χ2v) is 6.20. The fourth-order valence-corrected chi connectivity index (χ4v) is 2.49. The zero-order valence-electron chi connectivity index (χ0n) is 11.3. The van der Waals surface area contributed by atoms with E-state index in [-0.39, 0.29) is 22.8 Å². The summed E-state index contributed by atoms with van der Waals surface area (Å²) in [4.78, 5) is 11.8. The van der Waals surface area contributed by atoms with Crippen LogP contribution in [-0.4, -0.2) is 18.0 Å². The lowest BCUT2D eigenvalue weighted by Gasteiger charge is -2.11. The number of hydrogen-bond acceptors (Lipinski definition) is 2. The molecule has 1 rings (SSSR count). The fraction of sp³-hybridized carbons (Fsp3) is 0.923. The van der Waals surface area contributed by atoms with Crippen molar-refractivity contribution in [3.63, 3.8) is 0 Å². The molecule has 1 atom stereocenters. The molecule has 0 saturated heterocycles. The van der Waals surface area contributed by atoms with Crippen LogP contribution in [0.25, 0.3) is 0 Å². The van der Waals surface area contributed by atoms with Crippen molar-refractivity contribution in [3.05, 3.63) is 0 Å². The molecule has 0 bridgehead atoms. The highest BCUT2D eigenvalue weighted by Crippen LogP contribution is 2.62. The summed E-state index contributed by atoms with van der Waals surface area (Å²) >= 11 is 0. The molecule has 0 aromatic rings. The van der Waals surface area contributed by atoms with E-state index in [2.05, 4.69) is 39.9 Å². The quantitative estimate of drug-likeness (QED) is 0.754. The van der Waals surface area contributed by atoms with Gasteiger partial charge in [-0.05, 0) is 17.3 Å². The first-order valence-corrected chi connectivity index (χ1v) is 6.28. The van der Waals surface area contributed by atoms with E-state index in [1.165, 1.54) is 0 Å². The SMILES string of the molecule is CCCC(N)CC(=O)NC1C(C)(C)C1(C)C. The predicted octanol–water partition coefficient (Wildman–Crippen LogP) is 2.05. The van der Waals surface area contributed by atoms with E-state index in [9.17, 15) is 4.79 Å². The molecule has 16 heavy (non-hydrogen) atoms. The fourth-order valence-electron chi connectivity index (χ4n) is 2.49. The van der Waals surface area contributed by atoms with E-state index in [0.29, 0.717) is 12.5 Å². The Morgan fingerprint density at radius 1 is 1.31 bits per heavy atom. The minimum Gasteiger partial charge on any atom is -0.352 e. The molecular formula is C13H26N2O. The molecular weight excluding hydrogens is 200 g/mol. The van der Waals surface area contributed by atoms with Gasteiger partial charge >= 0.3 is 0 Å². The van der Waals surface area contributed by atoms with Gasteiger partial charge in [0.05, 0.1) is 0 Å². The summed E-state index contributed by atoms with van der Waals surface area (Å²) in [5.74, 6) is 0.101. The predicted molar refractivity (Wildman–Crippen MR) is 67.0 cm³/mol. The van der Waals surface area contributed by atoms with Crippen molar-refractivity contribution in [2.75, 3.05) is 0 Å². The van der Waals surface area contributed by atoms with Gasteiger partial charge in [-0.25, -0.2) is 0 Å². The number of amides is 1. The Hall–Kier alpha value is -0.570. The number of carbonyl (C=O) groups excluding carboxylic acids is 1. The molecule has 1 aliphatic carbocycles. The topological polar surface area (TPSA) is 55.1 Å². The maximum Gasteiger partial charge on any atom is 0.221 e. The normalized spacial score (nSPS) is 23.9. The highest BCUT2D eigenvalue weighted by atomic mass is 16.1. The molecule has 3 N–H and O–H groups in total.